The molecule has 39 heavy (non-hydrogen) atoms. The van der Waals surface area contributed by atoms with Crippen LogP contribution in [0.15, 0.2) is 24.3 Å². The molecule has 2 heterocycles. The molecule has 0 radical (unpaired) electrons. The van der Waals surface area contributed by atoms with E-state index in [-0.39, 0.29) is 29.2 Å². The first-order valence-electron chi connectivity index (χ1n) is 14.3. The van der Waals surface area contributed by atoms with Crippen LogP contribution in [-0.4, -0.2) is 45.6 Å². The second kappa shape index (κ2) is 14.3. The standard InChI is InChI=1S/C29H44ClN5O3S/c1-5-6-7-8-9-10-11-12-13-14-19-39(37,38)20-18-24(36)31-23-17-15-16-22(21-23)27-32-28-25(30)26(29(2,3)4)33-35(28)34-27/h15-17,21H,5-14,18-20H2,1-4H3,(H,31,36)(H,32,34). The number of halogens is 1. The van der Waals surface area contributed by atoms with E-state index in [0.29, 0.717) is 28.6 Å². The summed E-state index contributed by atoms with van der Waals surface area (Å²) in [6.45, 7) is 8.34. The van der Waals surface area contributed by atoms with E-state index in [4.69, 9.17) is 11.6 Å². The van der Waals surface area contributed by atoms with Crippen LogP contribution in [0.25, 0.3) is 17.0 Å². The van der Waals surface area contributed by atoms with E-state index >= 15 is 0 Å². The molecule has 3 rings (SSSR count). The Labute approximate surface area is 238 Å². The van der Waals surface area contributed by atoms with Gasteiger partial charge < -0.3 is 10.3 Å². The van der Waals surface area contributed by atoms with Crippen molar-refractivity contribution in [2.75, 3.05) is 16.8 Å². The number of benzene rings is 1. The predicted octanol–water partition coefficient (Wildman–Crippen LogP) is 7.34. The normalized spacial score (nSPS) is 12.3. The Morgan fingerprint density at radius 2 is 1.62 bits per heavy atom. The fraction of sp³-hybridized carbons (Fsp3) is 0.621. The van der Waals surface area contributed by atoms with Gasteiger partial charge in [-0.3, -0.25) is 4.79 Å². The largest absolute Gasteiger partial charge is 0.326 e. The van der Waals surface area contributed by atoms with Gasteiger partial charge >= 0.3 is 0 Å². The Morgan fingerprint density at radius 1 is 0.974 bits per heavy atom. The Bertz CT molecular complexity index is 1320. The molecule has 0 aliphatic heterocycles. The summed E-state index contributed by atoms with van der Waals surface area (Å²) in [6, 6.07) is 7.22. The van der Waals surface area contributed by atoms with Crippen LogP contribution in [0, 0.1) is 0 Å². The number of nitrogens with zero attached hydrogens (tertiary/aromatic N) is 3. The third-order valence-electron chi connectivity index (χ3n) is 6.82. The van der Waals surface area contributed by atoms with Gasteiger partial charge in [-0.05, 0) is 18.6 Å². The van der Waals surface area contributed by atoms with Crippen molar-refractivity contribution in [1.29, 1.82) is 0 Å². The molecule has 1 aromatic carbocycles. The minimum atomic E-state index is -3.25. The molecule has 0 fully saturated rings. The first-order chi connectivity index (χ1) is 18.5. The molecule has 216 valence electrons. The molecule has 10 heteroatoms. The van der Waals surface area contributed by atoms with Crippen LogP contribution < -0.4 is 5.32 Å². The van der Waals surface area contributed by atoms with Gasteiger partial charge in [-0.1, -0.05) is 109 Å². The predicted molar refractivity (Wildman–Crippen MR) is 160 cm³/mol. The van der Waals surface area contributed by atoms with Gasteiger partial charge in [-0.25, -0.2) is 8.42 Å². The number of fused-ring (bicyclic) bond motifs is 1. The Balaban J connectivity index is 1.43. The summed E-state index contributed by atoms with van der Waals surface area (Å²) in [5, 5.41) is 12.4. The average Bonchev–Trinajstić information content (AvgIpc) is 3.43. The lowest BCUT2D eigenvalue weighted by molar-refractivity contribution is -0.115. The number of hydrogen-bond acceptors (Lipinski definition) is 5. The molecule has 2 N–H and O–H groups in total. The second-order valence-electron chi connectivity index (χ2n) is 11.4. The van der Waals surface area contributed by atoms with Crippen molar-refractivity contribution in [2.45, 2.75) is 104 Å². The zero-order valence-electron chi connectivity index (χ0n) is 23.9. The second-order valence-corrected chi connectivity index (χ2v) is 14.1. The summed E-state index contributed by atoms with van der Waals surface area (Å²) in [6.07, 6.45) is 11.5. The van der Waals surface area contributed by atoms with Crippen molar-refractivity contribution in [1.82, 2.24) is 19.8 Å². The first kappa shape index (κ1) is 31.1. The van der Waals surface area contributed by atoms with Gasteiger partial charge in [0.05, 0.1) is 17.2 Å². The van der Waals surface area contributed by atoms with E-state index in [1.165, 1.54) is 49.6 Å². The molecule has 0 atom stereocenters. The number of amides is 1. The molecule has 3 aromatic rings. The number of unbranched alkanes of at least 4 members (excludes halogenated alkanes) is 9. The van der Waals surface area contributed by atoms with Gasteiger partial charge in [0.25, 0.3) is 0 Å². The van der Waals surface area contributed by atoms with Crippen LogP contribution in [0.2, 0.25) is 5.02 Å². The molecule has 0 bridgehead atoms. The average molecular weight is 578 g/mol. The lowest BCUT2D eigenvalue weighted by Gasteiger charge is -2.14. The van der Waals surface area contributed by atoms with Gasteiger partial charge in [-0.15, -0.1) is 9.73 Å². The summed E-state index contributed by atoms with van der Waals surface area (Å²) < 4.78 is 26.3. The van der Waals surface area contributed by atoms with Crippen molar-refractivity contribution >= 4 is 38.7 Å². The fourth-order valence-corrected chi connectivity index (χ4v) is 6.32. The lowest BCUT2D eigenvalue weighted by atomic mass is 9.92. The highest BCUT2D eigenvalue weighted by molar-refractivity contribution is 7.91. The van der Waals surface area contributed by atoms with Gasteiger partial charge in [-0.2, -0.15) is 5.10 Å². The van der Waals surface area contributed by atoms with E-state index in [2.05, 4.69) is 27.4 Å². The zero-order valence-corrected chi connectivity index (χ0v) is 25.4. The van der Waals surface area contributed by atoms with E-state index in [9.17, 15) is 13.2 Å². The minimum Gasteiger partial charge on any atom is -0.326 e. The van der Waals surface area contributed by atoms with E-state index in [1.807, 2.05) is 26.8 Å². The van der Waals surface area contributed by atoms with Crippen LogP contribution in [0.4, 0.5) is 5.69 Å². The first-order valence-corrected chi connectivity index (χ1v) is 16.5. The number of H-pyrrole nitrogens is 1. The molecule has 0 saturated heterocycles. The Morgan fingerprint density at radius 3 is 2.23 bits per heavy atom. The van der Waals surface area contributed by atoms with Crippen molar-refractivity contribution in [3.8, 4) is 11.4 Å². The summed E-state index contributed by atoms with van der Waals surface area (Å²) >= 11 is 6.53. The number of hydrogen-bond donors (Lipinski definition) is 2. The summed E-state index contributed by atoms with van der Waals surface area (Å²) in [7, 11) is -3.25. The molecule has 0 saturated carbocycles. The van der Waals surface area contributed by atoms with Gasteiger partial charge in [0.2, 0.25) is 5.91 Å². The van der Waals surface area contributed by atoms with Crippen LogP contribution in [0.5, 0.6) is 0 Å². The maximum Gasteiger partial charge on any atom is 0.225 e. The molecule has 1 amide bonds. The maximum absolute atomic E-state index is 12.5. The maximum atomic E-state index is 12.5. The third-order valence-corrected chi connectivity index (χ3v) is 8.92. The number of anilines is 1. The topological polar surface area (TPSA) is 109 Å². The quantitative estimate of drug-likeness (QED) is 0.173. The van der Waals surface area contributed by atoms with Gasteiger partial charge in [0.1, 0.15) is 5.02 Å². The summed E-state index contributed by atoms with van der Waals surface area (Å²) in [4.78, 5) is 15.7. The monoisotopic (exact) mass is 577 g/mol. The molecule has 0 aliphatic carbocycles. The third kappa shape index (κ3) is 9.64. The van der Waals surface area contributed by atoms with Crippen LogP contribution in [0.1, 0.15) is 104 Å². The van der Waals surface area contributed by atoms with Crippen LogP contribution in [0.3, 0.4) is 0 Å². The molecular formula is C29H44ClN5O3S. The molecule has 0 unspecified atom stereocenters. The Kier molecular flexibility index (Phi) is 11.4. The van der Waals surface area contributed by atoms with E-state index < -0.39 is 9.84 Å². The number of rotatable bonds is 16. The summed E-state index contributed by atoms with van der Waals surface area (Å²) in [5.41, 5.74) is 2.48. The number of aromatic amines is 1. The molecule has 8 nitrogen and oxygen atoms in total. The van der Waals surface area contributed by atoms with E-state index in [1.54, 1.807) is 18.2 Å². The molecule has 0 spiro atoms. The molecule has 0 aliphatic rings. The highest BCUT2D eigenvalue weighted by Crippen LogP contribution is 2.32. The summed E-state index contributed by atoms with van der Waals surface area (Å²) in [5.74, 6) is 0.243. The fourth-order valence-electron chi connectivity index (χ4n) is 4.53. The van der Waals surface area contributed by atoms with Crippen molar-refractivity contribution < 1.29 is 13.2 Å². The number of carbonyl (C=O) groups is 1. The highest BCUT2D eigenvalue weighted by atomic mass is 35.5. The highest BCUT2D eigenvalue weighted by Gasteiger charge is 2.25. The van der Waals surface area contributed by atoms with Crippen LogP contribution >= 0.6 is 11.6 Å². The molecular weight excluding hydrogens is 534 g/mol. The number of nitrogens with one attached hydrogen (secondary N) is 2. The smallest absolute Gasteiger partial charge is 0.225 e. The lowest BCUT2D eigenvalue weighted by Crippen LogP contribution is -2.19. The molecule has 2 aromatic heterocycles. The van der Waals surface area contributed by atoms with Gasteiger partial charge in [0, 0.05) is 23.1 Å². The number of carbonyl (C=O) groups excluding carboxylic acids is 1. The SMILES string of the molecule is CCCCCCCCCCCCS(=O)(=O)CCC(=O)Nc1cccc(-c2nn3nc(C(C)(C)C)c(Cl)c3[nH]2)c1. The van der Waals surface area contributed by atoms with Gasteiger partial charge in [0.15, 0.2) is 21.3 Å². The zero-order chi connectivity index (χ0) is 28.5. The number of aromatic nitrogens is 4. The Hall–Kier alpha value is -2.39. The van der Waals surface area contributed by atoms with Crippen molar-refractivity contribution in [3.05, 3.63) is 35.0 Å². The number of sulfone groups is 1. The van der Waals surface area contributed by atoms with E-state index in [0.717, 1.165) is 24.1 Å². The van der Waals surface area contributed by atoms with Crippen LogP contribution in [-0.2, 0) is 20.0 Å². The van der Waals surface area contributed by atoms with Crippen molar-refractivity contribution in [2.24, 2.45) is 0 Å². The van der Waals surface area contributed by atoms with Crippen molar-refractivity contribution in [3.63, 3.8) is 0 Å². The minimum absolute atomic E-state index is 0.0654.